The van der Waals surface area contributed by atoms with Crippen LogP contribution < -0.4 is 5.32 Å². The van der Waals surface area contributed by atoms with Crippen LogP contribution in [0.2, 0.25) is 0 Å². The molecule has 0 heterocycles. The van der Waals surface area contributed by atoms with Gasteiger partial charge >= 0.3 is 11.4 Å². The summed E-state index contributed by atoms with van der Waals surface area (Å²) in [4.78, 5) is 0. The van der Waals surface area contributed by atoms with Gasteiger partial charge in [-0.05, 0) is 13.8 Å². The zero-order valence-corrected chi connectivity index (χ0v) is 9.08. The van der Waals surface area contributed by atoms with Crippen molar-refractivity contribution in [1.82, 2.24) is 5.32 Å². The lowest BCUT2D eigenvalue weighted by molar-refractivity contribution is 0.0922. The highest BCUT2D eigenvalue weighted by Crippen LogP contribution is 1.99. The number of aliphatic hydroxyl groups excluding tert-OH is 2. The molecule has 6 nitrogen and oxygen atoms in total. The third kappa shape index (κ3) is 7.36. The Kier molecular flexibility index (Phi) is 6.41. The number of nitrogens with one attached hydrogen (secondary N) is 1. The van der Waals surface area contributed by atoms with E-state index in [-0.39, 0.29) is 19.8 Å². The number of hydrogen-bond acceptors (Lipinski definition) is 5. The fourth-order valence-electron chi connectivity index (χ4n) is 0.646. The Labute approximate surface area is 85.8 Å². The lowest BCUT2D eigenvalue weighted by atomic mass is 10.1. The molecular weight excluding hydrogens is 210 g/mol. The Morgan fingerprint density at radius 1 is 1.57 bits per heavy atom. The highest BCUT2D eigenvalue weighted by molar-refractivity contribution is 7.74. The van der Waals surface area contributed by atoms with Crippen LogP contribution in [0.4, 0.5) is 0 Å². The molecule has 0 bridgehead atoms. The van der Waals surface area contributed by atoms with Crippen molar-refractivity contribution >= 4 is 11.4 Å². The van der Waals surface area contributed by atoms with Gasteiger partial charge in [0.15, 0.2) is 0 Å². The monoisotopic (exact) mass is 227 g/mol. The van der Waals surface area contributed by atoms with Gasteiger partial charge in [0.2, 0.25) is 0 Å². The normalized spacial score (nSPS) is 16.6. The Balaban J connectivity index is 3.63. The van der Waals surface area contributed by atoms with E-state index in [1.165, 1.54) is 0 Å². The molecule has 0 saturated carbocycles. The predicted octanol–water partition coefficient (Wildman–Crippen LogP) is -1.14. The van der Waals surface area contributed by atoms with E-state index in [9.17, 15) is 9.32 Å². The summed E-state index contributed by atoms with van der Waals surface area (Å²) in [5.74, 6) is 0. The molecule has 86 valence electrons. The molecule has 0 aromatic heterocycles. The van der Waals surface area contributed by atoms with Crippen LogP contribution in [-0.4, -0.2) is 50.4 Å². The van der Waals surface area contributed by atoms with Crippen molar-refractivity contribution in [2.75, 3.05) is 19.8 Å². The quantitative estimate of drug-likeness (QED) is 0.410. The molecule has 0 amide bonds. The first-order valence-electron chi connectivity index (χ1n) is 4.15. The highest BCUT2D eigenvalue weighted by Gasteiger charge is 2.17. The minimum Gasteiger partial charge on any atom is -0.394 e. The maximum absolute atomic E-state index is 10.1. The second-order valence-corrected chi connectivity index (χ2v) is 4.25. The van der Waals surface area contributed by atoms with Crippen LogP contribution in [0.5, 0.6) is 0 Å². The summed E-state index contributed by atoms with van der Waals surface area (Å²) in [5, 5.41) is 21.0. The number of rotatable bonds is 7. The van der Waals surface area contributed by atoms with Gasteiger partial charge in [0, 0.05) is 12.1 Å². The van der Waals surface area contributed by atoms with E-state index < -0.39 is 23.0 Å². The van der Waals surface area contributed by atoms with Crippen molar-refractivity contribution in [3.63, 3.8) is 0 Å². The maximum atomic E-state index is 10.1. The molecule has 0 saturated heterocycles. The molecule has 0 rings (SSSR count). The molecule has 2 unspecified atom stereocenters. The molecule has 0 aliphatic carbocycles. The van der Waals surface area contributed by atoms with Crippen molar-refractivity contribution in [1.29, 1.82) is 0 Å². The van der Waals surface area contributed by atoms with E-state index in [1.54, 1.807) is 13.8 Å². The zero-order valence-electron chi connectivity index (χ0n) is 8.27. The molecule has 0 aliphatic rings. The summed E-state index contributed by atoms with van der Waals surface area (Å²) in [6.07, 6.45) is -0.878. The van der Waals surface area contributed by atoms with Gasteiger partial charge in [0.1, 0.15) is 0 Å². The first kappa shape index (κ1) is 13.9. The van der Waals surface area contributed by atoms with Gasteiger partial charge in [-0.15, -0.1) is 0 Å². The van der Waals surface area contributed by atoms with Crippen molar-refractivity contribution in [3.05, 3.63) is 0 Å². The molecule has 14 heavy (non-hydrogen) atoms. The Bertz CT molecular complexity index is 187. The predicted molar refractivity (Wildman–Crippen MR) is 51.9 cm³/mol. The minimum atomic E-state index is -2.35. The smallest absolute Gasteiger partial charge is 0.301 e. The van der Waals surface area contributed by atoms with Crippen LogP contribution >= 0.6 is 0 Å². The van der Waals surface area contributed by atoms with Crippen LogP contribution in [0.15, 0.2) is 0 Å². The van der Waals surface area contributed by atoms with E-state index in [1.807, 2.05) is 0 Å². The molecule has 7 heteroatoms. The van der Waals surface area contributed by atoms with Crippen molar-refractivity contribution in [2.45, 2.75) is 25.5 Å². The third-order valence-electron chi connectivity index (χ3n) is 1.57. The largest absolute Gasteiger partial charge is 0.394 e. The molecule has 0 radical (unpaired) electrons. The first-order chi connectivity index (χ1) is 6.37. The Morgan fingerprint density at radius 3 is 2.57 bits per heavy atom. The summed E-state index contributed by atoms with van der Waals surface area (Å²) < 4.78 is 22.6. The standard InChI is InChI=1S/C7H17NO5S/c1-7(2,5-9)8-3-6(10)4-13-14(11)12/h6,8-10H,3-5H2,1-2H3,(H,11,12). The summed E-state index contributed by atoms with van der Waals surface area (Å²) in [5.41, 5.74) is -0.487. The third-order valence-corrected chi connectivity index (χ3v) is 1.91. The fourth-order valence-corrected chi connectivity index (χ4v) is 0.919. The van der Waals surface area contributed by atoms with Crippen molar-refractivity contribution < 1.29 is 23.2 Å². The summed E-state index contributed by atoms with van der Waals surface area (Å²) in [7, 11) is 0. The first-order valence-corrected chi connectivity index (χ1v) is 5.18. The molecular formula is C7H17NO5S. The van der Waals surface area contributed by atoms with Gasteiger partial charge < -0.3 is 15.5 Å². The minimum absolute atomic E-state index is 0.0630. The van der Waals surface area contributed by atoms with Crippen LogP contribution in [0.25, 0.3) is 0 Å². The Morgan fingerprint density at radius 2 is 2.14 bits per heavy atom. The van der Waals surface area contributed by atoms with Crippen molar-refractivity contribution in [3.8, 4) is 0 Å². The number of aliphatic hydroxyl groups is 2. The van der Waals surface area contributed by atoms with Crippen LogP contribution in [-0.2, 0) is 15.5 Å². The second-order valence-electron chi connectivity index (χ2n) is 3.58. The molecule has 0 fully saturated rings. The molecule has 2 atom stereocenters. The van der Waals surface area contributed by atoms with Crippen LogP contribution in [0, 0.1) is 0 Å². The summed E-state index contributed by atoms with van der Waals surface area (Å²) in [6, 6.07) is 0. The summed E-state index contributed by atoms with van der Waals surface area (Å²) >= 11 is -2.35. The van der Waals surface area contributed by atoms with Gasteiger partial charge in [-0.1, -0.05) is 0 Å². The van der Waals surface area contributed by atoms with E-state index in [4.69, 9.17) is 9.66 Å². The average Bonchev–Trinajstić information content (AvgIpc) is 2.11. The number of β-amino-alcohol motifs (C(OH)–C–C–N with tert-alkyl or cyclic N) is 1. The fraction of sp³-hybridized carbons (Fsp3) is 1.00. The second kappa shape index (κ2) is 6.44. The van der Waals surface area contributed by atoms with Gasteiger partial charge in [0.25, 0.3) is 0 Å². The molecule has 0 aliphatic heterocycles. The zero-order chi connectivity index (χ0) is 11.2. The molecule has 0 aromatic rings. The molecule has 0 spiro atoms. The molecule has 4 N–H and O–H groups in total. The van der Waals surface area contributed by atoms with Gasteiger partial charge in [-0.2, -0.15) is 4.21 Å². The van der Waals surface area contributed by atoms with E-state index in [2.05, 4.69) is 9.50 Å². The highest BCUT2D eigenvalue weighted by atomic mass is 32.2. The maximum Gasteiger partial charge on any atom is 0.301 e. The van der Waals surface area contributed by atoms with Gasteiger partial charge in [-0.25, -0.2) is 0 Å². The lowest BCUT2D eigenvalue weighted by Crippen LogP contribution is -2.46. The van der Waals surface area contributed by atoms with Crippen LogP contribution in [0.3, 0.4) is 0 Å². The van der Waals surface area contributed by atoms with Crippen LogP contribution in [0.1, 0.15) is 13.8 Å². The average molecular weight is 227 g/mol. The Hall–Kier alpha value is -0.0500. The van der Waals surface area contributed by atoms with E-state index in [0.717, 1.165) is 0 Å². The van der Waals surface area contributed by atoms with E-state index >= 15 is 0 Å². The lowest BCUT2D eigenvalue weighted by Gasteiger charge is -2.24. The number of hydrogen-bond donors (Lipinski definition) is 4. The summed E-state index contributed by atoms with van der Waals surface area (Å²) in [6.45, 7) is 3.43. The SMILES string of the molecule is CC(C)(CO)NCC(O)COS(=O)O. The van der Waals surface area contributed by atoms with Crippen molar-refractivity contribution in [2.24, 2.45) is 0 Å². The topological polar surface area (TPSA) is 99.0 Å². The molecule has 0 aromatic carbocycles. The van der Waals surface area contributed by atoms with Gasteiger partial charge in [0.05, 0.1) is 19.3 Å². The van der Waals surface area contributed by atoms with Gasteiger partial charge in [-0.3, -0.25) is 8.74 Å². The van der Waals surface area contributed by atoms with E-state index in [0.29, 0.717) is 0 Å².